The Bertz CT molecular complexity index is 623. The highest BCUT2D eigenvalue weighted by atomic mass is 79.9. The summed E-state index contributed by atoms with van der Waals surface area (Å²) in [4.78, 5) is 28.1. The molecule has 1 fully saturated rings. The van der Waals surface area contributed by atoms with E-state index in [4.69, 9.17) is 4.74 Å². The third kappa shape index (κ3) is 5.97. The van der Waals surface area contributed by atoms with E-state index in [0.717, 1.165) is 5.56 Å². The summed E-state index contributed by atoms with van der Waals surface area (Å²) < 4.78 is 18.5. The van der Waals surface area contributed by atoms with Crippen molar-refractivity contribution in [3.63, 3.8) is 0 Å². The van der Waals surface area contributed by atoms with E-state index in [9.17, 15) is 14.0 Å². The zero-order chi connectivity index (χ0) is 19.3. The topological polar surface area (TPSA) is 49.9 Å². The van der Waals surface area contributed by atoms with Crippen molar-refractivity contribution >= 4 is 27.9 Å². The van der Waals surface area contributed by atoms with E-state index in [1.165, 1.54) is 12.1 Å². The van der Waals surface area contributed by atoms with E-state index in [1.54, 1.807) is 17.0 Å². The molecule has 144 valence electrons. The van der Waals surface area contributed by atoms with Gasteiger partial charge in [-0.05, 0) is 51.3 Å². The maximum absolute atomic E-state index is 13.1. The van der Waals surface area contributed by atoms with Crippen LogP contribution < -0.4 is 0 Å². The van der Waals surface area contributed by atoms with Gasteiger partial charge in [-0.2, -0.15) is 0 Å². The van der Waals surface area contributed by atoms with Gasteiger partial charge in [-0.1, -0.05) is 28.1 Å². The van der Waals surface area contributed by atoms with Crippen LogP contribution in [0.15, 0.2) is 24.3 Å². The van der Waals surface area contributed by atoms with E-state index in [-0.39, 0.29) is 29.2 Å². The molecule has 0 unspecified atom stereocenters. The molecule has 1 aromatic rings. The third-order valence-corrected chi connectivity index (χ3v) is 4.74. The number of alkyl halides is 1. The number of piperidine rings is 1. The predicted octanol–water partition coefficient (Wildman–Crippen LogP) is 3.95. The average Bonchev–Trinajstić information content (AvgIpc) is 2.59. The summed E-state index contributed by atoms with van der Waals surface area (Å²) in [6.07, 6.45) is 1.08. The van der Waals surface area contributed by atoms with Crippen molar-refractivity contribution in [3.8, 4) is 0 Å². The van der Waals surface area contributed by atoms with Gasteiger partial charge in [-0.15, -0.1) is 0 Å². The van der Waals surface area contributed by atoms with Crippen molar-refractivity contribution in [1.82, 2.24) is 9.80 Å². The first-order valence-corrected chi connectivity index (χ1v) is 9.89. The number of hydrogen-bond acceptors (Lipinski definition) is 3. The summed E-state index contributed by atoms with van der Waals surface area (Å²) in [6.45, 7) is 7.07. The molecule has 0 radical (unpaired) electrons. The summed E-state index contributed by atoms with van der Waals surface area (Å²) in [5.41, 5.74) is 0.365. The van der Waals surface area contributed by atoms with Crippen molar-refractivity contribution in [3.05, 3.63) is 35.6 Å². The third-order valence-electron chi connectivity index (χ3n) is 4.26. The Hall–Kier alpha value is -1.63. The van der Waals surface area contributed by atoms with Crippen LogP contribution in [0.2, 0.25) is 0 Å². The second kappa shape index (κ2) is 8.84. The van der Waals surface area contributed by atoms with Crippen LogP contribution in [0.1, 0.15) is 39.2 Å². The number of likely N-dealkylation sites (tertiary alicyclic amines) is 1. The molecule has 0 N–H and O–H groups in total. The molecule has 7 heteroatoms. The van der Waals surface area contributed by atoms with Gasteiger partial charge in [0.05, 0.1) is 5.33 Å². The van der Waals surface area contributed by atoms with E-state index in [2.05, 4.69) is 15.9 Å². The molecule has 0 saturated carbocycles. The molecule has 1 aliphatic rings. The maximum Gasteiger partial charge on any atom is 0.410 e. The lowest BCUT2D eigenvalue weighted by molar-refractivity contribution is -0.132. The first kappa shape index (κ1) is 20.7. The molecule has 2 rings (SSSR count). The molecule has 0 aromatic heterocycles. The van der Waals surface area contributed by atoms with Crippen LogP contribution in [0.5, 0.6) is 0 Å². The normalized spacial score (nSPS) is 15.7. The van der Waals surface area contributed by atoms with Crippen LogP contribution in [-0.4, -0.2) is 51.9 Å². The molecular formula is C19H26BrFN2O3. The van der Waals surface area contributed by atoms with Crippen LogP contribution in [0, 0.1) is 5.82 Å². The van der Waals surface area contributed by atoms with Crippen molar-refractivity contribution in [2.45, 2.75) is 51.8 Å². The van der Waals surface area contributed by atoms with E-state index >= 15 is 0 Å². The Morgan fingerprint density at radius 1 is 1.23 bits per heavy atom. The first-order valence-electron chi connectivity index (χ1n) is 8.77. The Kier molecular flexibility index (Phi) is 7.03. The van der Waals surface area contributed by atoms with Crippen molar-refractivity contribution in [2.24, 2.45) is 0 Å². The second-order valence-corrected chi connectivity index (χ2v) is 8.04. The molecule has 26 heavy (non-hydrogen) atoms. The van der Waals surface area contributed by atoms with Gasteiger partial charge in [0.1, 0.15) is 11.4 Å². The number of ether oxygens (including phenoxy) is 1. The Balaban J connectivity index is 1.99. The number of benzene rings is 1. The average molecular weight is 429 g/mol. The minimum Gasteiger partial charge on any atom is -0.444 e. The predicted molar refractivity (Wildman–Crippen MR) is 102 cm³/mol. The minimum absolute atomic E-state index is 0.00922. The lowest BCUT2D eigenvalue weighted by Gasteiger charge is -2.38. The summed E-state index contributed by atoms with van der Waals surface area (Å²) in [5, 5.41) is 0.237. The SMILES string of the molecule is CC(C)(C)OC(=O)N1CCC(N(Cc2ccc(F)cc2)C(=O)CBr)CC1. The second-order valence-electron chi connectivity index (χ2n) is 7.48. The summed E-state index contributed by atoms with van der Waals surface area (Å²) in [6, 6.07) is 6.23. The number of carbonyl (C=O) groups excluding carboxylic acids is 2. The van der Waals surface area contributed by atoms with Gasteiger partial charge < -0.3 is 14.5 Å². The van der Waals surface area contributed by atoms with Crippen LogP contribution in [-0.2, 0) is 16.1 Å². The number of rotatable bonds is 4. The summed E-state index contributed by atoms with van der Waals surface area (Å²) >= 11 is 3.24. The number of hydrogen-bond donors (Lipinski definition) is 0. The van der Waals surface area contributed by atoms with E-state index in [0.29, 0.717) is 32.5 Å². The number of amides is 2. The summed E-state index contributed by atoms with van der Waals surface area (Å²) in [7, 11) is 0. The number of halogens is 2. The van der Waals surface area contributed by atoms with Crippen molar-refractivity contribution in [2.75, 3.05) is 18.4 Å². The van der Waals surface area contributed by atoms with Gasteiger partial charge in [0, 0.05) is 25.7 Å². The van der Waals surface area contributed by atoms with Gasteiger partial charge >= 0.3 is 6.09 Å². The number of nitrogens with zero attached hydrogens (tertiary/aromatic N) is 2. The highest BCUT2D eigenvalue weighted by Crippen LogP contribution is 2.22. The van der Waals surface area contributed by atoms with E-state index < -0.39 is 5.60 Å². The summed E-state index contributed by atoms with van der Waals surface area (Å²) in [5.74, 6) is -0.303. The molecule has 0 atom stereocenters. The maximum atomic E-state index is 13.1. The van der Waals surface area contributed by atoms with Crippen LogP contribution in [0.3, 0.4) is 0 Å². The minimum atomic E-state index is -0.519. The largest absolute Gasteiger partial charge is 0.444 e. The fourth-order valence-electron chi connectivity index (χ4n) is 2.97. The van der Waals surface area contributed by atoms with Gasteiger partial charge in [0.15, 0.2) is 0 Å². The molecule has 5 nitrogen and oxygen atoms in total. The van der Waals surface area contributed by atoms with Gasteiger partial charge in [-0.3, -0.25) is 4.79 Å². The van der Waals surface area contributed by atoms with Crippen molar-refractivity contribution < 1.29 is 18.7 Å². The highest BCUT2D eigenvalue weighted by molar-refractivity contribution is 9.09. The molecule has 1 heterocycles. The van der Waals surface area contributed by atoms with Crippen LogP contribution >= 0.6 is 15.9 Å². The standard InChI is InChI=1S/C19H26BrFN2O3/c1-19(2,3)26-18(25)22-10-8-16(9-11-22)23(17(24)12-20)13-14-4-6-15(21)7-5-14/h4-7,16H,8-13H2,1-3H3. The molecular weight excluding hydrogens is 403 g/mol. The smallest absolute Gasteiger partial charge is 0.410 e. The van der Waals surface area contributed by atoms with Crippen LogP contribution in [0.25, 0.3) is 0 Å². The molecule has 2 amide bonds. The van der Waals surface area contributed by atoms with Gasteiger partial charge in [0.2, 0.25) is 5.91 Å². The van der Waals surface area contributed by atoms with Gasteiger partial charge in [-0.25, -0.2) is 9.18 Å². The lowest BCUT2D eigenvalue weighted by atomic mass is 10.0. The molecule has 1 aliphatic heterocycles. The van der Waals surface area contributed by atoms with Crippen LogP contribution in [0.4, 0.5) is 9.18 Å². The lowest BCUT2D eigenvalue weighted by Crippen LogP contribution is -2.49. The monoisotopic (exact) mass is 428 g/mol. The Labute approximate surface area is 162 Å². The molecule has 1 aromatic carbocycles. The zero-order valence-corrected chi connectivity index (χ0v) is 17.1. The fraction of sp³-hybridized carbons (Fsp3) is 0.579. The Morgan fingerprint density at radius 3 is 2.31 bits per heavy atom. The zero-order valence-electron chi connectivity index (χ0n) is 15.5. The van der Waals surface area contributed by atoms with E-state index in [1.807, 2.05) is 25.7 Å². The number of carbonyl (C=O) groups is 2. The first-order chi connectivity index (χ1) is 12.2. The quantitative estimate of drug-likeness (QED) is 0.682. The Morgan fingerprint density at radius 2 is 1.81 bits per heavy atom. The fourth-order valence-corrected chi connectivity index (χ4v) is 3.29. The molecule has 0 aliphatic carbocycles. The molecule has 1 saturated heterocycles. The molecule has 0 spiro atoms. The molecule has 0 bridgehead atoms. The van der Waals surface area contributed by atoms with Crippen molar-refractivity contribution in [1.29, 1.82) is 0 Å². The highest BCUT2D eigenvalue weighted by Gasteiger charge is 2.31. The van der Waals surface area contributed by atoms with Gasteiger partial charge in [0.25, 0.3) is 0 Å².